The highest BCUT2D eigenvalue weighted by atomic mass is 16.5. The van der Waals surface area contributed by atoms with Crippen molar-refractivity contribution in [2.75, 3.05) is 0 Å². The third-order valence-electron chi connectivity index (χ3n) is 3.63. The molecule has 0 bridgehead atoms. The van der Waals surface area contributed by atoms with Crippen LogP contribution < -0.4 is 0 Å². The first-order valence-corrected chi connectivity index (χ1v) is 6.30. The van der Waals surface area contributed by atoms with Gasteiger partial charge in [-0.3, -0.25) is 0 Å². The highest BCUT2D eigenvalue weighted by Crippen LogP contribution is 2.38. The van der Waals surface area contributed by atoms with Crippen LogP contribution in [0.15, 0.2) is 11.8 Å². The summed E-state index contributed by atoms with van der Waals surface area (Å²) >= 11 is 0. The van der Waals surface area contributed by atoms with Gasteiger partial charge in [-0.1, -0.05) is 20.8 Å². The van der Waals surface area contributed by atoms with Gasteiger partial charge in [-0.15, -0.1) is 0 Å². The lowest BCUT2D eigenvalue weighted by Crippen LogP contribution is -2.29. The molecule has 0 aliphatic heterocycles. The maximum atomic E-state index is 7.20. The zero-order valence-electron chi connectivity index (χ0n) is 11.0. The summed E-state index contributed by atoms with van der Waals surface area (Å²) in [5.41, 5.74) is 0.427. The van der Waals surface area contributed by atoms with Crippen molar-refractivity contribution in [3.63, 3.8) is 0 Å². The summed E-state index contributed by atoms with van der Waals surface area (Å²) in [4.78, 5) is 0. The average Bonchev–Trinajstić information content (AvgIpc) is 2.25. The number of rotatable bonds is 3. The monoisotopic (exact) mass is 223 g/mol. The van der Waals surface area contributed by atoms with Crippen LogP contribution in [-0.2, 0) is 4.74 Å². The molecule has 0 radical (unpaired) electrons. The van der Waals surface area contributed by atoms with Gasteiger partial charge in [0, 0.05) is 0 Å². The topological polar surface area (TPSA) is 33.1 Å². The first kappa shape index (κ1) is 13.3. The summed E-state index contributed by atoms with van der Waals surface area (Å²) in [5, 5.41) is 7.20. The Balaban J connectivity index is 2.41. The van der Waals surface area contributed by atoms with Gasteiger partial charge >= 0.3 is 0 Å². The van der Waals surface area contributed by atoms with E-state index in [4.69, 9.17) is 10.1 Å². The molecule has 1 N–H and O–H groups in total. The summed E-state index contributed by atoms with van der Waals surface area (Å²) in [6.07, 6.45) is 8.26. The van der Waals surface area contributed by atoms with E-state index in [2.05, 4.69) is 20.8 Å². The molecule has 1 rings (SSSR count). The summed E-state index contributed by atoms with van der Waals surface area (Å²) < 4.78 is 5.77. The number of hydrogen-bond donors (Lipinski definition) is 1. The van der Waals surface area contributed by atoms with Crippen LogP contribution in [0.3, 0.4) is 0 Å². The Kier molecular flexibility index (Phi) is 4.57. The Morgan fingerprint density at radius 1 is 1.19 bits per heavy atom. The molecule has 0 atom stereocenters. The Labute approximate surface area is 99.6 Å². The standard InChI is InChI=1S/C14H25NO/c1-5-12(10-15)16-13-8-6-11(7-9-13)14(2,3)4/h5,10-11,13,15H,6-9H2,1-4H3. The van der Waals surface area contributed by atoms with Crippen molar-refractivity contribution in [1.82, 2.24) is 0 Å². The van der Waals surface area contributed by atoms with Crippen LogP contribution in [0.4, 0.5) is 0 Å². The normalized spacial score (nSPS) is 27.6. The molecule has 1 aliphatic rings. The Morgan fingerprint density at radius 2 is 1.75 bits per heavy atom. The smallest absolute Gasteiger partial charge is 0.132 e. The van der Waals surface area contributed by atoms with E-state index < -0.39 is 0 Å². The summed E-state index contributed by atoms with van der Waals surface area (Å²) in [6.45, 7) is 8.90. The highest BCUT2D eigenvalue weighted by molar-refractivity contribution is 5.72. The predicted octanol–water partition coefficient (Wildman–Crippen LogP) is 4.16. The molecular weight excluding hydrogens is 198 g/mol. The lowest BCUT2D eigenvalue weighted by atomic mass is 9.72. The molecule has 2 nitrogen and oxygen atoms in total. The molecule has 0 aromatic heterocycles. The molecule has 0 spiro atoms. The number of ether oxygens (including phenoxy) is 1. The van der Waals surface area contributed by atoms with E-state index in [1.165, 1.54) is 19.1 Å². The van der Waals surface area contributed by atoms with E-state index in [0.717, 1.165) is 18.8 Å². The number of hydrogen-bond acceptors (Lipinski definition) is 2. The van der Waals surface area contributed by atoms with Crippen molar-refractivity contribution in [3.05, 3.63) is 11.8 Å². The minimum absolute atomic E-state index is 0.325. The molecule has 1 saturated carbocycles. The quantitative estimate of drug-likeness (QED) is 0.565. The molecule has 0 heterocycles. The lowest BCUT2D eigenvalue weighted by molar-refractivity contribution is 0.0519. The van der Waals surface area contributed by atoms with E-state index in [9.17, 15) is 0 Å². The zero-order chi connectivity index (χ0) is 12.2. The fraction of sp³-hybridized carbons (Fsp3) is 0.786. The molecular formula is C14H25NO. The van der Waals surface area contributed by atoms with Gasteiger partial charge in [0.1, 0.15) is 5.76 Å². The van der Waals surface area contributed by atoms with E-state index in [1.807, 2.05) is 13.0 Å². The van der Waals surface area contributed by atoms with Crippen molar-refractivity contribution < 1.29 is 4.74 Å². The van der Waals surface area contributed by atoms with Gasteiger partial charge in [-0.25, -0.2) is 0 Å². The number of allylic oxidation sites excluding steroid dienone is 2. The number of nitrogens with one attached hydrogen (secondary N) is 1. The van der Waals surface area contributed by atoms with Crippen LogP contribution >= 0.6 is 0 Å². The molecule has 92 valence electrons. The highest BCUT2D eigenvalue weighted by Gasteiger charge is 2.30. The van der Waals surface area contributed by atoms with Gasteiger partial charge < -0.3 is 10.1 Å². The molecule has 0 saturated heterocycles. The third-order valence-corrected chi connectivity index (χ3v) is 3.63. The minimum atomic E-state index is 0.325. The van der Waals surface area contributed by atoms with Crippen LogP contribution in [0, 0.1) is 16.7 Å². The SMILES string of the molecule is CC=C(C=N)OC1CCC(C(C)(C)C)CC1. The molecule has 1 aliphatic carbocycles. The van der Waals surface area contributed by atoms with Crippen LogP contribution in [0.2, 0.25) is 0 Å². The fourth-order valence-electron chi connectivity index (χ4n) is 2.42. The van der Waals surface area contributed by atoms with E-state index in [-0.39, 0.29) is 0 Å². The second kappa shape index (κ2) is 5.51. The summed E-state index contributed by atoms with van der Waals surface area (Å²) in [6, 6.07) is 0. The maximum absolute atomic E-state index is 7.20. The molecule has 2 heteroatoms. The second-order valence-electron chi connectivity index (χ2n) is 5.79. The van der Waals surface area contributed by atoms with Gasteiger partial charge in [0.15, 0.2) is 0 Å². The van der Waals surface area contributed by atoms with Crippen molar-refractivity contribution in [3.8, 4) is 0 Å². The van der Waals surface area contributed by atoms with Gasteiger partial charge in [-0.2, -0.15) is 0 Å². The summed E-state index contributed by atoms with van der Waals surface area (Å²) in [7, 11) is 0. The Morgan fingerprint density at radius 3 is 2.12 bits per heavy atom. The molecule has 0 aromatic carbocycles. The van der Waals surface area contributed by atoms with Gasteiger partial charge in [0.25, 0.3) is 0 Å². The molecule has 1 fully saturated rings. The first-order valence-electron chi connectivity index (χ1n) is 6.30. The molecule has 0 unspecified atom stereocenters. The third kappa shape index (κ3) is 3.66. The van der Waals surface area contributed by atoms with Crippen molar-refractivity contribution in [2.24, 2.45) is 11.3 Å². The van der Waals surface area contributed by atoms with Crippen molar-refractivity contribution in [1.29, 1.82) is 5.41 Å². The van der Waals surface area contributed by atoms with E-state index in [1.54, 1.807) is 0 Å². The predicted molar refractivity (Wildman–Crippen MR) is 68.8 cm³/mol. The van der Waals surface area contributed by atoms with Gasteiger partial charge in [0.05, 0.1) is 12.3 Å². The van der Waals surface area contributed by atoms with Crippen molar-refractivity contribution in [2.45, 2.75) is 59.5 Å². The zero-order valence-corrected chi connectivity index (χ0v) is 11.0. The molecule has 0 aromatic rings. The summed E-state index contributed by atoms with van der Waals surface area (Å²) in [5.74, 6) is 1.53. The largest absolute Gasteiger partial charge is 0.489 e. The fourth-order valence-corrected chi connectivity index (χ4v) is 2.42. The van der Waals surface area contributed by atoms with E-state index >= 15 is 0 Å². The maximum Gasteiger partial charge on any atom is 0.132 e. The van der Waals surface area contributed by atoms with Crippen LogP contribution in [0.5, 0.6) is 0 Å². The molecule has 0 amide bonds. The Bertz CT molecular complexity index is 254. The van der Waals surface area contributed by atoms with E-state index in [0.29, 0.717) is 17.3 Å². The molecule has 16 heavy (non-hydrogen) atoms. The second-order valence-corrected chi connectivity index (χ2v) is 5.79. The Hall–Kier alpha value is -0.790. The van der Waals surface area contributed by atoms with Gasteiger partial charge in [0.2, 0.25) is 0 Å². The van der Waals surface area contributed by atoms with Crippen LogP contribution in [0.1, 0.15) is 53.4 Å². The lowest BCUT2D eigenvalue weighted by Gasteiger charge is -2.37. The van der Waals surface area contributed by atoms with Crippen molar-refractivity contribution >= 4 is 6.21 Å². The van der Waals surface area contributed by atoms with Crippen LogP contribution in [0.25, 0.3) is 0 Å². The first-order chi connectivity index (χ1) is 7.47. The van der Waals surface area contributed by atoms with Gasteiger partial charge in [-0.05, 0) is 50.0 Å². The minimum Gasteiger partial charge on any atom is -0.489 e. The average molecular weight is 223 g/mol. The van der Waals surface area contributed by atoms with Crippen LogP contribution in [-0.4, -0.2) is 12.3 Å².